The lowest BCUT2D eigenvalue weighted by Gasteiger charge is -2.12. The van der Waals surface area contributed by atoms with Gasteiger partial charge in [0.25, 0.3) is 0 Å². The van der Waals surface area contributed by atoms with Crippen LogP contribution in [0.4, 0.5) is 0 Å². The van der Waals surface area contributed by atoms with Crippen molar-refractivity contribution < 1.29 is 47.7 Å². The van der Waals surface area contributed by atoms with Gasteiger partial charge in [-0.2, -0.15) is 0 Å². The van der Waals surface area contributed by atoms with Crippen molar-refractivity contribution in [2.45, 2.75) is 27.7 Å². The van der Waals surface area contributed by atoms with Gasteiger partial charge in [0.2, 0.25) is 0 Å². The van der Waals surface area contributed by atoms with Gasteiger partial charge in [-0.1, -0.05) is 50.0 Å². The molecular formula is C45H34O10. The van der Waals surface area contributed by atoms with Crippen LogP contribution < -0.4 is 23.7 Å². The Hall–Kier alpha value is -7.69. The van der Waals surface area contributed by atoms with Crippen LogP contribution in [0.5, 0.6) is 28.7 Å². The zero-order chi connectivity index (χ0) is 40.2. The first-order valence-electron chi connectivity index (χ1n) is 16.3. The van der Waals surface area contributed by atoms with Gasteiger partial charge in [-0.25, -0.2) is 24.0 Å². The van der Waals surface area contributed by atoms with Crippen LogP contribution in [0.2, 0.25) is 0 Å². The molecule has 0 heterocycles. The minimum Gasteiger partial charge on any atom is -0.423 e. The third kappa shape index (κ3) is 11.7. The first-order chi connectivity index (χ1) is 26.1. The molecule has 0 saturated carbocycles. The van der Waals surface area contributed by atoms with E-state index in [1.54, 1.807) is 36.4 Å². The van der Waals surface area contributed by atoms with Gasteiger partial charge in [0.15, 0.2) is 11.5 Å². The van der Waals surface area contributed by atoms with Gasteiger partial charge in [-0.05, 0) is 113 Å². The summed E-state index contributed by atoms with van der Waals surface area (Å²) < 4.78 is 27.0. The first-order valence-corrected chi connectivity index (χ1v) is 16.3. The van der Waals surface area contributed by atoms with Gasteiger partial charge in [0, 0.05) is 39.0 Å². The second-order valence-electron chi connectivity index (χ2n) is 12.0. The summed E-state index contributed by atoms with van der Waals surface area (Å²) in [5.74, 6) is 9.21. The Morgan fingerprint density at radius 2 is 0.745 bits per heavy atom. The maximum absolute atomic E-state index is 12.8. The molecule has 0 amide bonds. The lowest BCUT2D eigenvalue weighted by atomic mass is 10.1. The molecule has 0 aliphatic carbocycles. The van der Waals surface area contributed by atoms with Crippen molar-refractivity contribution in [3.8, 4) is 52.4 Å². The van der Waals surface area contributed by atoms with E-state index in [4.69, 9.17) is 23.7 Å². The van der Waals surface area contributed by atoms with Crippen LogP contribution in [0.15, 0.2) is 134 Å². The van der Waals surface area contributed by atoms with Crippen molar-refractivity contribution in [2.24, 2.45) is 0 Å². The van der Waals surface area contributed by atoms with Gasteiger partial charge < -0.3 is 23.7 Å². The minimum atomic E-state index is -0.751. The Kier molecular flexibility index (Phi) is 13.3. The number of rotatable bonds is 10. The molecule has 4 aromatic carbocycles. The van der Waals surface area contributed by atoms with Crippen molar-refractivity contribution in [3.63, 3.8) is 0 Å². The normalized spacial score (nSPS) is 9.82. The molecule has 0 radical (unpaired) electrons. The second kappa shape index (κ2) is 18.2. The van der Waals surface area contributed by atoms with Crippen molar-refractivity contribution in [1.29, 1.82) is 0 Å². The largest absolute Gasteiger partial charge is 0.423 e. The molecule has 274 valence electrons. The zero-order valence-corrected chi connectivity index (χ0v) is 30.5. The molecule has 0 aliphatic rings. The zero-order valence-electron chi connectivity index (χ0n) is 30.5. The van der Waals surface area contributed by atoms with E-state index in [1.165, 1.54) is 76.2 Å². The highest BCUT2D eigenvalue weighted by Crippen LogP contribution is 2.32. The first kappa shape index (κ1) is 40.1. The number of hydrogen-bond acceptors (Lipinski definition) is 10. The van der Waals surface area contributed by atoms with Crippen molar-refractivity contribution in [2.75, 3.05) is 0 Å². The fourth-order valence-corrected chi connectivity index (χ4v) is 4.03. The summed E-state index contributed by atoms with van der Waals surface area (Å²) in [6, 6.07) is 21.5. The fraction of sp³-hybridized carbons (Fsp3) is 0.0889. The highest BCUT2D eigenvalue weighted by atomic mass is 16.6. The molecule has 55 heavy (non-hydrogen) atoms. The van der Waals surface area contributed by atoms with Gasteiger partial charge in [-0.15, -0.1) is 0 Å². The smallest absolute Gasteiger partial charge is 0.343 e. The molecule has 0 aliphatic heterocycles. The monoisotopic (exact) mass is 734 g/mol. The van der Waals surface area contributed by atoms with Gasteiger partial charge in [0.1, 0.15) is 22.8 Å². The summed E-state index contributed by atoms with van der Waals surface area (Å²) in [7, 11) is 0. The lowest BCUT2D eigenvalue weighted by molar-refractivity contribution is -0.131. The molecule has 4 rings (SSSR count). The molecule has 0 N–H and O–H groups in total. The van der Waals surface area contributed by atoms with Gasteiger partial charge in [0.05, 0.1) is 5.56 Å². The topological polar surface area (TPSA) is 132 Å². The number of carbonyl (C=O) groups excluding carboxylic acids is 5. The summed E-state index contributed by atoms with van der Waals surface area (Å²) >= 11 is 0. The average Bonchev–Trinajstić information content (AvgIpc) is 3.14. The van der Waals surface area contributed by atoms with E-state index in [1.807, 2.05) is 0 Å². The van der Waals surface area contributed by atoms with Gasteiger partial charge >= 0.3 is 29.8 Å². The number of hydrogen-bond donors (Lipinski definition) is 0. The number of benzene rings is 4. The van der Waals surface area contributed by atoms with Crippen LogP contribution in [-0.4, -0.2) is 29.8 Å². The molecule has 0 unspecified atom stereocenters. The summed E-state index contributed by atoms with van der Waals surface area (Å²) in [6.07, 6.45) is 0. The predicted molar refractivity (Wildman–Crippen MR) is 204 cm³/mol. The minimum absolute atomic E-state index is 0.0519. The average molecular weight is 735 g/mol. The maximum atomic E-state index is 12.8. The Morgan fingerprint density at radius 1 is 0.418 bits per heavy atom. The highest BCUT2D eigenvalue weighted by molar-refractivity contribution is 5.92. The summed E-state index contributed by atoms with van der Waals surface area (Å²) in [5.41, 5.74) is 2.33. The summed E-state index contributed by atoms with van der Waals surface area (Å²) in [5, 5.41) is 0. The van der Waals surface area contributed by atoms with E-state index in [9.17, 15) is 24.0 Å². The third-order valence-electron chi connectivity index (χ3n) is 6.98. The highest BCUT2D eigenvalue weighted by Gasteiger charge is 2.19. The van der Waals surface area contributed by atoms with E-state index in [0.717, 1.165) is 0 Å². The van der Waals surface area contributed by atoms with E-state index in [-0.39, 0.29) is 62.2 Å². The molecule has 0 bridgehead atoms. The van der Waals surface area contributed by atoms with Crippen LogP contribution in [0.3, 0.4) is 0 Å². The van der Waals surface area contributed by atoms with Crippen LogP contribution in [0.1, 0.15) is 60.3 Å². The molecule has 0 spiro atoms. The van der Waals surface area contributed by atoms with E-state index < -0.39 is 29.8 Å². The standard InChI is InChI=1S/C45H34O10/c1-27(2)41(46)51-35-18-13-32(14-19-35)15-24-38-39(54-43(48)29(5)6)25-33(26-40(38)55-44(49)30(7)8)10-9-31-11-16-34(17-12-31)45(50)53-37-22-20-36(21-23-37)52-42(47)28(3)4/h11-14,16-23,25-26H,1,3,5,7H2,2,4,6,8H3. The molecule has 10 heteroatoms. The van der Waals surface area contributed by atoms with E-state index in [2.05, 4.69) is 50.0 Å². The number of esters is 5. The van der Waals surface area contributed by atoms with Gasteiger partial charge in [-0.3, -0.25) is 0 Å². The molecule has 10 nitrogen and oxygen atoms in total. The molecular weight excluding hydrogens is 700 g/mol. The van der Waals surface area contributed by atoms with Crippen LogP contribution in [0, 0.1) is 23.7 Å². The van der Waals surface area contributed by atoms with Crippen molar-refractivity contribution in [1.82, 2.24) is 0 Å². The molecule has 0 saturated heterocycles. The molecule has 0 atom stereocenters. The van der Waals surface area contributed by atoms with Crippen molar-refractivity contribution >= 4 is 29.8 Å². The summed E-state index contributed by atoms with van der Waals surface area (Å²) in [4.78, 5) is 61.7. The molecule has 0 aromatic heterocycles. The predicted octanol–water partition coefficient (Wildman–Crippen LogP) is 7.63. The van der Waals surface area contributed by atoms with Crippen molar-refractivity contribution in [3.05, 3.63) is 161 Å². The Balaban J connectivity index is 1.62. The van der Waals surface area contributed by atoms with E-state index >= 15 is 0 Å². The summed E-state index contributed by atoms with van der Waals surface area (Å²) in [6.45, 7) is 20.4. The maximum Gasteiger partial charge on any atom is 0.343 e. The van der Waals surface area contributed by atoms with Crippen LogP contribution in [-0.2, 0) is 19.2 Å². The fourth-order valence-electron chi connectivity index (χ4n) is 4.03. The number of carbonyl (C=O) groups is 5. The number of ether oxygens (including phenoxy) is 5. The van der Waals surface area contributed by atoms with Crippen LogP contribution >= 0.6 is 0 Å². The van der Waals surface area contributed by atoms with E-state index in [0.29, 0.717) is 16.7 Å². The Labute approximate surface area is 318 Å². The third-order valence-corrected chi connectivity index (χ3v) is 6.98. The van der Waals surface area contributed by atoms with Crippen LogP contribution in [0.25, 0.3) is 0 Å². The Bertz CT molecular complexity index is 2320. The molecule has 4 aromatic rings. The lowest BCUT2D eigenvalue weighted by Crippen LogP contribution is -2.12. The Morgan fingerprint density at radius 3 is 1.16 bits per heavy atom. The molecule has 0 fully saturated rings. The second-order valence-corrected chi connectivity index (χ2v) is 12.0. The quantitative estimate of drug-likeness (QED) is 0.0694. The SMILES string of the molecule is C=C(C)C(=O)Oc1ccc(C#Cc2c(OC(=O)C(=C)C)cc(C#Cc3ccc(C(=O)Oc4ccc(OC(=O)C(=C)C)cc4)cc3)cc2OC(=O)C(=C)C)cc1.